The molecule has 23 heavy (non-hydrogen) atoms. The Hall–Kier alpha value is -2.35. The van der Waals surface area contributed by atoms with Crippen molar-refractivity contribution in [2.75, 3.05) is 38.5 Å². The molecule has 0 saturated carbocycles. The third-order valence-corrected chi connectivity index (χ3v) is 4.32. The Balaban J connectivity index is 1.70. The summed E-state index contributed by atoms with van der Waals surface area (Å²) < 4.78 is 0. The number of aromatic nitrogens is 1. The predicted octanol–water partition coefficient (Wildman–Crippen LogP) is 0.252. The van der Waals surface area contributed by atoms with Gasteiger partial charge in [0.25, 0.3) is 0 Å². The monoisotopic (exact) mass is 337 g/mol. The summed E-state index contributed by atoms with van der Waals surface area (Å²) in [5.41, 5.74) is 0.407. The molecule has 0 bridgehead atoms. The molecule has 1 N–H and O–H groups in total. The van der Waals surface area contributed by atoms with E-state index in [0.29, 0.717) is 18.8 Å². The molecule has 0 unspecified atom stereocenters. The molecule has 0 radical (unpaired) electrons. The smallest absolute Gasteiger partial charge is 0.322 e. The van der Waals surface area contributed by atoms with Gasteiger partial charge in [-0.2, -0.15) is 0 Å². The quantitative estimate of drug-likeness (QED) is 0.744. The van der Waals surface area contributed by atoms with Crippen LogP contribution in [-0.2, 0) is 9.59 Å². The van der Waals surface area contributed by atoms with Crippen LogP contribution in [0.4, 0.5) is 10.5 Å². The van der Waals surface area contributed by atoms with Crippen LogP contribution < -0.4 is 5.32 Å². The Labute approximate surface area is 138 Å². The fourth-order valence-electron chi connectivity index (χ4n) is 2.78. The minimum absolute atomic E-state index is 0.0901. The van der Waals surface area contributed by atoms with Crippen LogP contribution in [0.2, 0.25) is 5.15 Å². The van der Waals surface area contributed by atoms with Gasteiger partial charge in [0, 0.05) is 26.3 Å². The number of piperazine rings is 2. The van der Waals surface area contributed by atoms with E-state index in [1.165, 1.54) is 16.0 Å². The molecule has 122 valence electrons. The number of fused-ring (bicyclic) bond motifs is 1. The topological polar surface area (TPSA) is 85.8 Å². The normalized spacial score (nSPS) is 21.3. The van der Waals surface area contributed by atoms with E-state index in [9.17, 15) is 14.4 Å². The second-order valence-electron chi connectivity index (χ2n) is 5.52. The summed E-state index contributed by atoms with van der Waals surface area (Å²) in [7, 11) is 1.59. The summed E-state index contributed by atoms with van der Waals surface area (Å²) in [6.07, 6.45) is 1.53. The summed E-state index contributed by atoms with van der Waals surface area (Å²) in [6, 6.07) is 2.32. The molecule has 2 fully saturated rings. The maximum atomic E-state index is 12.4. The number of carbonyl (C=O) groups excluding carboxylic acids is 3. The van der Waals surface area contributed by atoms with E-state index in [2.05, 4.69) is 10.3 Å². The Bertz CT molecular complexity index is 668. The second-order valence-corrected chi connectivity index (χ2v) is 5.87. The molecule has 3 rings (SSSR count). The molecular formula is C14H16ClN5O3. The summed E-state index contributed by atoms with van der Waals surface area (Å²) in [5.74, 6) is -0.242. The first-order valence-electron chi connectivity index (χ1n) is 7.18. The van der Waals surface area contributed by atoms with Gasteiger partial charge in [-0.3, -0.25) is 9.59 Å². The lowest BCUT2D eigenvalue weighted by Gasteiger charge is -2.45. The average Bonchev–Trinajstić information content (AvgIpc) is 2.54. The van der Waals surface area contributed by atoms with E-state index >= 15 is 0 Å². The van der Waals surface area contributed by atoms with Gasteiger partial charge in [0.2, 0.25) is 11.8 Å². The van der Waals surface area contributed by atoms with Crippen molar-refractivity contribution in [3.05, 3.63) is 23.5 Å². The molecule has 9 heteroatoms. The largest absolute Gasteiger partial charge is 0.335 e. The molecule has 1 atom stereocenters. The SMILES string of the molecule is CN1CC(=O)N2CCN(C(=O)Nc3cccnc3Cl)C[C@@H]2C1=O. The van der Waals surface area contributed by atoms with E-state index in [1.54, 1.807) is 24.1 Å². The number of hydrogen-bond donors (Lipinski definition) is 1. The molecule has 4 amide bonds. The zero-order valence-electron chi connectivity index (χ0n) is 12.5. The minimum Gasteiger partial charge on any atom is -0.335 e. The Morgan fingerprint density at radius 3 is 2.91 bits per heavy atom. The van der Waals surface area contributed by atoms with Crippen LogP contribution in [-0.4, -0.2) is 76.8 Å². The zero-order chi connectivity index (χ0) is 16.6. The van der Waals surface area contributed by atoms with Crippen molar-refractivity contribution in [3.8, 4) is 0 Å². The van der Waals surface area contributed by atoms with Crippen LogP contribution >= 0.6 is 11.6 Å². The molecular weight excluding hydrogens is 322 g/mol. The summed E-state index contributed by atoms with van der Waals surface area (Å²) in [4.78, 5) is 44.9. The molecule has 0 spiro atoms. The van der Waals surface area contributed by atoms with Crippen molar-refractivity contribution in [1.29, 1.82) is 0 Å². The number of halogens is 1. The molecule has 3 heterocycles. The predicted molar refractivity (Wildman–Crippen MR) is 83.0 cm³/mol. The molecule has 1 aromatic heterocycles. The highest BCUT2D eigenvalue weighted by atomic mass is 35.5. The van der Waals surface area contributed by atoms with E-state index in [1.807, 2.05) is 0 Å². The van der Waals surface area contributed by atoms with Gasteiger partial charge in [-0.1, -0.05) is 11.6 Å². The Kier molecular flexibility index (Phi) is 4.08. The first-order valence-corrected chi connectivity index (χ1v) is 7.56. The molecule has 2 saturated heterocycles. The summed E-state index contributed by atoms with van der Waals surface area (Å²) >= 11 is 5.92. The number of rotatable bonds is 1. The first-order chi connectivity index (χ1) is 11.0. The van der Waals surface area contributed by atoms with Gasteiger partial charge >= 0.3 is 6.03 Å². The molecule has 0 aliphatic carbocycles. The highest BCUT2D eigenvalue weighted by Gasteiger charge is 2.42. The standard InChI is InChI=1S/C14H16ClN5O3/c1-18-8-11(21)20-6-5-19(7-10(20)13(18)22)14(23)17-9-3-2-4-16-12(9)15/h2-4,10H,5-8H2,1H3,(H,17,23)/t10-/m1/s1. The number of amides is 4. The van der Waals surface area contributed by atoms with Crippen molar-refractivity contribution in [2.45, 2.75) is 6.04 Å². The Morgan fingerprint density at radius 2 is 2.17 bits per heavy atom. The molecule has 1 aromatic rings. The van der Waals surface area contributed by atoms with Gasteiger partial charge in [-0.25, -0.2) is 9.78 Å². The van der Waals surface area contributed by atoms with Gasteiger partial charge in [0.1, 0.15) is 6.04 Å². The van der Waals surface area contributed by atoms with E-state index < -0.39 is 6.04 Å². The minimum atomic E-state index is -0.620. The van der Waals surface area contributed by atoms with Crippen molar-refractivity contribution in [3.63, 3.8) is 0 Å². The Morgan fingerprint density at radius 1 is 1.39 bits per heavy atom. The van der Waals surface area contributed by atoms with Crippen LogP contribution in [0.5, 0.6) is 0 Å². The van der Waals surface area contributed by atoms with Gasteiger partial charge in [0.05, 0.1) is 18.8 Å². The molecule has 2 aliphatic heterocycles. The van der Waals surface area contributed by atoms with Crippen LogP contribution in [0.3, 0.4) is 0 Å². The zero-order valence-corrected chi connectivity index (χ0v) is 13.3. The fraction of sp³-hybridized carbons (Fsp3) is 0.429. The van der Waals surface area contributed by atoms with Crippen LogP contribution in [0.1, 0.15) is 0 Å². The van der Waals surface area contributed by atoms with Crippen LogP contribution in [0, 0.1) is 0 Å². The fourth-order valence-corrected chi connectivity index (χ4v) is 2.94. The number of anilines is 1. The number of hydrogen-bond acceptors (Lipinski definition) is 4. The van der Waals surface area contributed by atoms with E-state index in [0.717, 1.165) is 0 Å². The highest BCUT2D eigenvalue weighted by Crippen LogP contribution is 2.20. The maximum absolute atomic E-state index is 12.4. The highest BCUT2D eigenvalue weighted by molar-refractivity contribution is 6.32. The first kappa shape index (κ1) is 15.5. The van der Waals surface area contributed by atoms with Crippen molar-refractivity contribution < 1.29 is 14.4 Å². The van der Waals surface area contributed by atoms with Crippen molar-refractivity contribution in [1.82, 2.24) is 19.7 Å². The number of likely N-dealkylation sites (N-methyl/N-ethyl adjacent to an activating group) is 1. The summed E-state index contributed by atoms with van der Waals surface area (Å²) in [6.45, 7) is 0.964. The molecule has 2 aliphatic rings. The average molecular weight is 338 g/mol. The van der Waals surface area contributed by atoms with E-state index in [4.69, 9.17) is 11.6 Å². The van der Waals surface area contributed by atoms with Crippen LogP contribution in [0.15, 0.2) is 18.3 Å². The number of pyridine rings is 1. The third kappa shape index (κ3) is 2.94. The number of urea groups is 1. The van der Waals surface area contributed by atoms with Crippen molar-refractivity contribution in [2.24, 2.45) is 0 Å². The summed E-state index contributed by atoms with van der Waals surface area (Å²) in [5, 5.41) is 2.87. The number of carbonyl (C=O) groups is 3. The van der Waals surface area contributed by atoms with E-state index in [-0.39, 0.29) is 36.1 Å². The van der Waals surface area contributed by atoms with Gasteiger partial charge in [-0.05, 0) is 12.1 Å². The van der Waals surface area contributed by atoms with Crippen LogP contribution in [0.25, 0.3) is 0 Å². The molecule has 8 nitrogen and oxygen atoms in total. The van der Waals surface area contributed by atoms with Gasteiger partial charge < -0.3 is 20.0 Å². The third-order valence-electron chi connectivity index (χ3n) is 4.02. The number of nitrogens with zero attached hydrogens (tertiary/aromatic N) is 4. The lowest BCUT2D eigenvalue weighted by atomic mass is 10.1. The van der Waals surface area contributed by atoms with Gasteiger partial charge in [-0.15, -0.1) is 0 Å². The lowest BCUT2D eigenvalue weighted by molar-refractivity contribution is -0.157. The maximum Gasteiger partial charge on any atom is 0.322 e. The lowest BCUT2D eigenvalue weighted by Crippen LogP contribution is -2.67. The van der Waals surface area contributed by atoms with Gasteiger partial charge in [0.15, 0.2) is 5.15 Å². The number of nitrogens with one attached hydrogen (secondary N) is 1. The second kappa shape index (κ2) is 6.04. The molecule has 0 aromatic carbocycles. The van der Waals surface area contributed by atoms with Crippen molar-refractivity contribution >= 4 is 35.1 Å².